The number of benzene rings is 1. The summed E-state index contributed by atoms with van der Waals surface area (Å²) in [6.45, 7) is 9.22. The van der Waals surface area contributed by atoms with Gasteiger partial charge < -0.3 is 15.0 Å². The maximum Gasteiger partial charge on any atom is 0.410 e. The highest BCUT2D eigenvalue weighted by Gasteiger charge is 2.27. The summed E-state index contributed by atoms with van der Waals surface area (Å²) in [6, 6.07) is 6.53. The zero-order valence-corrected chi connectivity index (χ0v) is 15.4. The molecule has 1 aromatic rings. The van der Waals surface area contributed by atoms with Gasteiger partial charge in [0.2, 0.25) is 0 Å². The second kappa shape index (κ2) is 6.90. The Kier molecular flexibility index (Phi) is 5.37. The van der Waals surface area contributed by atoms with E-state index in [2.05, 4.69) is 46.4 Å². The fraction of sp³-hybridized carbons (Fsp3) is 0.588. The van der Waals surface area contributed by atoms with Crippen LogP contribution in [0.3, 0.4) is 0 Å². The number of carbonyl (C=O) groups excluding carboxylic acids is 1. The third-order valence-corrected chi connectivity index (χ3v) is 3.94. The van der Waals surface area contributed by atoms with Crippen molar-refractivity contribution in [2.45, 2.75) is 52.2 Å². The van der Waals surface area contributed by atoms with Gasteiger partial charge in [0.1, 0.15) is 5.60 Å². The highest BCUT2D eigenvalue weighted by Crippen LogP contribution is 2.22. The van der Waals surface area contributed by atoms with Crippen molar-refractivity contribution in [3.63, 3.8) is 0 Å². The van der Waals surface area contributed by atoms with Gasteiger partial charge in [-0.1, -0.05) is 15.9 Å². The predicted octanol–water partition coefficient (Wildman–Crippen LogP) is 4.57. The minimum atomic E-state index is -0.446. The topological polar surface area (TPSA) is 41.6 Å². The Morgan fingerprint density at radius 2 is 2.09 bits per heavy atom. The van der Waals surface area contributed by atoms with Crippen molar-refractivity contribution in [2.24, 2.45) is 0 Å². The normalized spacial score (nSPS) is 19.0. The van der Waals surface area contributed by atoms with E-state index in [0.29, 0.717) is 6.54 Å². The molecule has 1 aliphatic rings. The van der Waals surface area contributed by atoms with Crippen LogP contribution in [0.15, 0.2) is 22.7 Å². The number of likely N-dealkylation sites (tertiary alicyclic amines) is 1. The van der Waals surface area contributed by atoms with Gasteiger partial charge in [-0.25, -0.2) is 4.79 Å². The van der Waals surface area contributed by atoms with Crippen LogP contribution in [0.25, 0.3) is 0 Å². The molecule has 1 saturated heterocycles. The van der Waals surface area contributed by atoms with Crippen LogP contribution in [0.2, 0.25) is 0 Å². The highest BCUT2D eigenvalue weighted by atomic mass is 79.9. The van der Waals surface area contributed by atoms with Crippen LogP contribution in [0.4, 0.5) is 10.5 Å². The van der Waals surface area contributed by atoms with E-state index in [1.165, 1.54) is 5.56 Å². The fourth-order valence-corrected chi connectivity index (χ4v) is 3.25. The van der Waals surface area contributed by atoms with Gasteiger partial charge in [-0.05, 0) is 64.3 Å². The monoisotopic (exact) mass is 368 g/mol. The maximum absolute atomic E-state index is 12.2. The third kappa shape index (κ3) is 5.20. The summed E-state index contributed by atoms with van der Waals surface area (Å²) in [7, 11) is 0. The molecule has 0 radical (unpaired) electrons. The Labute approximate surface area is 141 Å². The van der Waals surface area contributed by atoms with E-state index in [-0.39, 0.29) is 12.1 Å². The number of anilines is 1. The van der Waals surface area contributed by atoms with Crippen molar-refractivity contribution < 1.29 is 9.53 Å². The van der Waals surface area contributed by atoms with Crippen molar-refractivity contribution in [1.82, 2.24) is 4.90 Å². The number of nitrogens with one attached hydrogen (secondary N) is 1. The standard InChI is InChI=1S/C17H25BrN2O2/c1-12-8-13(18)10-15(9-12)19-14-6-5-7-20(11-14)16(21)22-17(2,3)4/h8-10,14,19H,5-7,11H2,1-4H3. The lowest BCUT2D eigenvalue weighted by molar-refractivity contribution is 0.0206. The molecular weight excluding hydrogens is 344 g/mol. The smallest absolute Gasteiger partial charge is 0.410 e. The lowest BCUT2D eigenvalue weighted by Crippen LogP contribution is -2.46. The van der Waals surface area contributed by atoms with E-state index in [1.54, 1.807) is 4.90 Å². The van der Waals surface area contributed by atoms with E-state index >= 15 is 0 Å². The quantitative estimate of drug-likeness (QED) is 0.830. The van der Waals surface area contributed by atoms with Crippen LogP contribution in [-0.2, 0) is 4.74 Å². The number of piperidine rings is 1. The van der Waals surface area contributed by atoms with Crippen LogP contribution >= 0.6 is 15.9 Å². The Hall–Kier alpha value is -1.23. The molecule has 2 rings (SSSR count). The van der Waals surface area contributed by atoms with Crippen LogP contribution in [0, 0.1) is 6.92 Å². The molecule has 0 saturated carbocycles. The van der Waals surface area contributed by atoms with Crippen molar-refractivity contribution in [3.8, 4) is 0 Å². The molecule has 0 bridgehead atoms. The average Bonchev–Trinajstić information content (AvgIpc) is 2.35. The first kappa shape index (κ1) is 17.1. The SMILES string of the molecule is Cc1cc(Br)cc(NC2CCCN(C(=O)OC(C)(C)C)C2)c1. The molecule has 1 aliphatic heterocycles. The molecule has 1 atom stereocenters. The molecule has 1 amide bonds. The summed E-state index contributed by atoms with van der Waals surface area (Å²) in [4.78, 5) is 14.0. The van der Waals surface area contributed by atoms with Gasteiger partial charge >= 0.3 is 6.09 Å². The maximum atomic E-state index is 12.2. The molecule has 1 N–H and O–H groups in total. The molecule has 122 valence electrons. The summed E-state index contributed by atoms with van der Waals surface area (Å²) in [5.74, 6) is 0. The lowest BCUT2D eigenvalue weighted by atomic mass is 10.1. The summed E-state index contributed by atoms with van der Waals surface area (Å²) in [5.41, 5.74) is 1.85. The van der Waals surface area contributed by atoms with Crippen molar-refractivity contribution in [3.05, 3.63) is 28.2 Å². The Bertz CT molecular complexity index is 520. The molecule has 0 aliphatic carbocycles. The van der Waals surface area contributed by atoms with Gasteiger partial charge in [0.25, 0.3) is 0 Å². The number of ether oxygens (including phenoxy) is 1. The second-order valence-corrected chi connectivity index (χ2v) is 7.84. The van der Waals surface area contributed by atoms with Gasteiger partial charge in [0, 0.05) is 29.3 Å². The number of rotatable bonds is 2. The van der Waals surface area contributed by atoms with Gasteiger partial charge in [0.15, 0.2) is 0 Å². The van der Waals surface area contributed by atoms with E-state index in [1.807, 2.05) is 20.8 Å². The summed E-state index contributed by atoms with van der Waals surface area (Å²) in [6.07, 6.45) is 1.83. The zero-order valence-electron chi connectivity index (χ0n) is 13.8. The van der Waals surface area contributed by atoms with Crippen LogP contribution < -0.4 is 5.32 Å². The van der Waals surface area contributed by atoms with E-state index in [9.17, 15) is 4.79 Å². The minimum absolute atomic E-state index is 0.218. The number of aryl methyl sites for hydroxylation is 1. The van der Waals surface area contributed by atoms with Gasteiger partial charge in [-0.3, -0.25) is 0 Å². The van der Waals surface area contributed by atoms with Crippen molar-refractivity contribution >= 4 is 27.7 Å². The Balaban J connectivity index is 1.97. The molecule has 1 aromatic carbocycles. The second-order valence-electron chi connectivity index (χ2n) is 6.93. The molecule has 4 nitrogen and oxygen atoms in total. The lowest BCUT2D eigenvalue weighted by Gasteiger charge is -2.34. The number of nitrogens with zero attached hydrogens (tertiary/aromatic N) is 1. The molecule has 22 heavy (non-hydrogen) atoms. The molecule has 5 heteroatoms. The fourth-order valence-electron chi connectivity index (χ4n) is 2.64. The molecule has 0 aromatic heterocycles. The van der Waals surface area contributed by atoms with E-state index in [4.69, 9.17) is 4.74 Å². The molecule has 1 unspecified atom stereocenters. The third-order valence-electron chi connectivity index (χ3n) is 3.49. The molecular formula is C17H25BrN2O2. The average molecular weight is 369 g/mol. The van der Waals surface area contributed by atoms with Gasteiger partial charge in [-0.2, -0.15) is 0 Å². The summed E-state index contributed by atoms with van der Waals surface area (Å²) >= 11 is 3.52. The summed E-state index contributed by atoms with van der Waals surface area (Å²) in [5, 5.41) is 3.53. The molecule has 1 fully saturated rings. The zero-order chi connectivity index (χ0) is 16.3. The first-order valence-corrected chi connectivity index (χ1v) is 8.54. The summed E-state index contributed by atoms with van der Waals surface area (Å²) < 4.78 is 6.53. The van der Waals surface area contributed by atoms with E-state index in [0.717, 1.165) is 29.5 Å². The number of carbonyl (C=O) groups is 1. The largest absolute Gasteiger partial charge is 0.444 e. The van der Waals surface area contributed by atoms with E-state index < -0.39 is 5.60 Å². The Morgan fingerprint density at radius 3 is 2.73 bits per heavy atom. The van der Waals surface area contributed by atoms with Crippen LogP contribution in [0.5, 0.6) is 0 Å². The molecule has 0 spiro atoms. The molecule has 1 heterocycles. The van der Waals surface area contributed by atoms with Crippen molar-refractivity contribution in [2.75, 3.05) is 18.4 Å². The highest BCUT2D eigenvalue weighted by molar-refractivity contribution is 9.10. The van der Waals surface area contributed by atoms with Gasteiger partial charge in [-0.15, -0.1) is 0 Å². The first-order valence-electron chi connectivity index (χ1n) is 7.74. The predicted molar refractivity (Wildman–Crippen MR) is 93.3 cm³/mol. The number of hydrogen-bond donors (Lipinski definition) is 1. The minimum Gasteiger partial charge on any atom is -0.444 e. The number of hydrogen-bond acceptors (Lipinski definition) is 3. The van der Waals surface area contributed by atoms with Crippen molar-refractivity contribution in [1.29, 1.82) is 0 Å². The van der Waals surface area contributed by atoms with Crippen LogP contribution in [-0.4, -0.2) is 35.7 Å². The number of halogens is 1. The van der Waals surface area contributed by atoms with Gasteiger partial charge in [0.05, 0.1) is 0 Å². The van der Waals surface area contributed by atoms with Crippen LogP contribution in [0.1, 0.15) is 39.2 Å². The Morgan fingerprint density at radius 1 is 1.36 bits per heavy atom. The number of amides is 1. The first-order chi connectivity index (χ1) is 10.2.